The van der Waals surface area contributed by atoms with Crippen molar-refractivity contribution < 1.29 is 0 Å². The van der Waals surface area contributed by atoms with Gasteiger partial charge in [0.1, 0.15) is 5.17 Å². The van der Waals surface area contributed by atoms with Crippen molar-refractivity contribution in [2.24, 2.45) is 16.5 Å². The molecule has 56 valence electrons. The van der Waals surface area contributed by atoms with E-state index in [-0.39, 0.29) is 11.2 Å². The van der Waals surface area contributed by atoms with Crippen LogP contribution in [0.2, 0.25) is 0 Å². The molecule has 0 aromatic carbocycles. The molecule has 1 rings (SSSR count). The summed E-state index contributed by atoms with van der Waals surface area (Å²) in [5.74, 6) is 0. The highest BCUT2D eigenvalue weighted by atomic mass is 35.5. The fourth-order valence-electron chi connectivity index (χ4n) is 0.661. The van der Waals surface area contributed by atoms with Gasteiger partial charge in [-0.25, -0.2) is 4.99 Å². The maximum absolute atomic E-state index is 5.57. The maximum atomic E-state index is 5.57. The predicted octanol–water partition coefficient (Wildman–Crippen LogP) is 0.721. The van der Waals surface area contributed by atoms with Gasteiger partial charge in [-0.1, -0.05) is 23.2 Å². The molecule has 0 amide bonds. The molecule has 0 aliphatic carbocycles. The Morgan fingerprint density at radius 2 is 2.10 bits per heavy atom. The van der Waals surface area contributed by atoms with E-state index in [4.69, 9.17) is 34.7 Å². The Morgan fingerprint density at radius 1 is 1.50 bits per heavy atom. The highest BCUT2D eigenvalue weighted by Gasteiger charge is 2.17. The molecule has 0 spiro atoms. The van der Waals surface area contributed by atoms with Crippen molar-refractivity contribution in [3.8, 4) is 0 Å². The molecule has 3 nitrogen and oxygen atoms in total. The second kappa shape index (κ2) is 2.78. The summed E-state index contributed by atoms with van der Waals surface area (Å²) < 4.78 is 0. The van der Waals surface area contributed by atoms with Gasteiger partial charge in [0.2, 0.25) is 0 Å². The molecule has 1 aliphatic rings. The van der Waals surface area contributed by atoms with Crippen LogP contribution in [0, 0.1) is 0 Å². The van der Waals surface area contributed by atoms with E-state index >= 15 is 0 Å². The van der Waals surface area contributed by atoms with E-state index in [0.29, 0.717) is 17.3 Å². The number of hydrogen-bond acceptors (Lipinski definition) is 3. The number of rotatable bonds is 0. The Bertz CT molecular complexity index is 209. The highest BCUT2D eigenvalue weighted by molar-refractivity contribution is 6.66. The first-order valence-corrected chi connectivity index (χ1v) is 3.50. The van der Waals surface area contributed by atoms with Crippen molar-refractivity contribution in [2.45, 2.75) is 12.5 Å². The van der Waals surface area contributed by atoms with Crippen molar-refractivity contribution in [1.29, 1.82) is 0 Å². The van der Waals surface area contributed by atoms with Crippen LogP contribution in [-0.2, 0) is 0 Å². The van der Waals surface area contributed by atoms with Gasteiger partial charge in [0.25, 0.3) is 0 Å². The van der Waals surface area contributed by atoms with E-state index in [1.54, 1.807) is 0 Å². The molecular formula is C5H7Cl2N3. The third kappa shape index (κ3) is 1.42. The van der Waals surface area contributed by atoms with Gasteiger partial charge >= 0.3 is 0 Å². The SMILES string of the molecule is NC1=C(Cl)N=C(Cl)CC1N. The second-order valence-corrected chi connectivity index (χ2v) is 2.84. The number of aliphatic imine (C=N–C) groups is 1. The first-order valence-electron chi connectivity index (χ1n) is 2.75. The minimum Gasteiger partial charge on any atom is -0.398 e. The van der Waals surface area contributed by atoms with Crippen LogP contribution in [0.25, 0.3) is 0 Å². The summed E-state index contributed by atoms with van der Waals surface area (Å²) in [6.07, 6.45) is 0.476. The van der Waals surface area contributed by atoms with Crippen LogP contribution >= 0.6 is 23.2 Å². The molecule has 0 saturated carbocycles. The van der Waals surface area contributed by atoms with Gasteiger partial charge in [-0.2, -0.15) is 0 Å². The summed E-state index contributed by atoms with van der Waals surface area (Å²) in [5.41, 5.74) is 11.4. The number of halogens is 2. The lowest BCUT2D eigenvalue weighted by Crippen LogP contribution is -2.32. The zero-order chi connectivity index (χ0) is 7.72. The molecule has 1 atom stereocenters. The van der Waals surface area contributed by atoms with E-state index in [1.807, 2.05) is 0 Å². The van der Waals surface area contributed by atoms with Gasteiger partial charge in [0.15, 0.2) is 5.16 Å². The van der Waals surface area contributed by atoms with Crippen molar-refractivity contribution in [1.82, 2.24) is 0 Å². The third-order valence-electron chi connectivity index (χ3n) is 1.25. The Hall–Kier alpha value is -0.250. The summed E-state index contributed by atoms with van der Waals surface area (Å²) in [5, 5.41) is 0.621. The zero-order valence-corrected chi connectivity index (χ0v) is 6.65. The minimum absolute atomic E-state index is 0.212. The maximum Gasteiger partial charge on any atom is 0.150 e. The molecule has 0 fully saturated rings. The Balaban J connectivity index is 2.92. The highest BCUT2D eigenvalue weighted by Crippen LogP contribution is 2.18. The van der Waals surface area contributed by atoms with Gasteiger partial charge in [-0.3, -0.25) is 0 Å². The number of hydrogen-bond donors (Lipinski definition) is 2. The van der Waals surface area contributed by atoms with Gasteiger partial charge in [-0.15, -0.1) is 0 Å². The second-order valence-electron chi connectivity index (χ2n) is 2.04. The average molecular weight is 180 g/mol. The quantitative estimate of drug-likeness (QED) is 0.539. The van der Waals surface area contributed by atoms with Gasteiger partial charge < -0.3 is 11.5 Å². The van der Waals surface area contributed by atoms with E-state index < -0.39 is 0 Å². The van der Waals surface area contributed by atoms with Gasteiger partial charge in [0, 0.05) is 6.42 Å². The van der Waals surface area contributed by atoms with Crippen LogP contribution in [-0.4, -0.2) is 11.2 Å². The lowest BCUT2D eigenvalue weighted by Gasteiger charge is -2.15. The predicted molar refractivity (Wildman–Crippen MR) is 42.9 cm³/mol. The molecule has 5 heteroatoms. The summed E-state index contributed by atoms with van der Waals surface area (Å²) in [6.45, 7) is 0. The largest absolute Gasteiger partial charge is 0.398 e. The Labute approximate surface area is 68.7 Å². The van der Waals surface area contributed by atoms with E-state index in [0.717, 1.165) is 0 Å². The van der Waals surface area contributed by atoms with Crippen LogP contribution in [0.5, 0.6) is 0 Å². The summed E-state index contributed by atoms with van der Waals surface area (Å²) >= 11 is 11.1. The molecule has 0 bridgehead atoms. The number of nitrogens with zero attached hydrogens (tertiary/aromatic N) is 1. The number of nitrogens with two attached hydrogens (primary N) is 2. The molecular weight excluding hydrogens is 173 g/mol. The summed E-state index contributed by atoms with van der Waals surface area (Å²) in [4.78, 5) is 3.74. The van der Waals surface area contributed by atoms with Crippen molar-refractivity contribution >= 4 is 28.4 Å². The van der Waals surface area contributed by atoms with E-state index in [2.05, 4.69) is 4.99 Å². The zero-order valence-electron chi connectivity index (χ0n) is 5.14. The van der Waals surface area contributed by atoms with Crippen molar-refractivity contribution in [3.05, 3.63) is 10.9 Å². The van der Waals surface area contributed by atoms with Crippen molar-refractivity contribution in [2.75, 3.05) is 0 Å². The topological polar surface area (TPSA) is 64.4 Å². The molecule has 1 heterocycles. The van der Waals surface area contributed by atoms with Crippen LogP contribution in [0.1, 0.15) is 6.42 Å². The standard InChI is InChI=1S/C5H7Cl2N3/c6-3-1-2(8)4(9)5(7)10-3/h2H,1,8-9H2. The van der Waals surface area contributed by atoms with Crippen LogP contribution in [0.15, 0.2) is 15.8 Å². The fraction of sp³-hybridized carbons (Fsp3) is 0.400. The minimum atomic E-state index is -0.280. The van der Waals surface area contributed by atoms with E-state index in [1.165, 1.54) is 0 Å². The molecule has 10 heavy (non-hydrogen) atoms. The molecule has 1 aliphatic heterocycles. The van der Waals surface area contributed by atoms with Gasteiger partial charge in [0.05, 0.1) is 11.7 Å². The molecule has 1 unspecified atom stereocenters. The lowest BCUT2D eigenvalue weighted by atomic mass is 10.1. The van der Waals surface area contributed by atoms with Gasteiger partial charge in [-0.05, 0) is 0 Å². The first-order chi connectivity index (χ1) is 4.61. The third-order valence-corrected chi connectivity index (χ3v) is 1.79. The molecule has 0 saturated heterocycles. The monoisotopic (exact) mass is 179 g/mol. The average Bonchev–Trinajstić information content (AvgIpc) is 1.82. The van der Waals surface area contributed by atoms with E-state index in [9.17, 15) is 0 Å². The lowest BCUT2D eigenvalue weighted by molar-refractivity contribution is 0.778. The smallest absolute Gasteiger partial charge is 0.150 e. The molecule has 0 aromatic heterocycles. The fourth-order valence-corrected chi connectivity index (χ4v) is 1.20. The normalized spacial score (nSPS) is 26.7. The first kappa shape index (κ1) is 7.85. The summed E-state index contributed by atoms with van der Waals surface area (Å²) in [6, 6.07) is -0.280. The Kier molecular flexibility index (Phi) is 2.18. The molecule has 0 aromatic rings. The molecule has 0 radical (unpaired) electrons. The Morgan fingerprint density at radius 3 is 2.60 bits per heavy atom. The van der Waals surface area contributed by atoms with Crippen LogP contribution in [0.3, 0.4) is 0 Å². The summed E-state index contributed by atoms with van der Waals surface area (Å²) in [7, 11) is 0. The van der Waals surface area contributed by atoms with Crippen LogP contribution in [0.4, 0.5) is 0 Å². The van der Waals surface area contributed by atoms with Crippen molar-refractivity contribution in [3.63, 3.8) is 0 Å². The van der Waals surface area contributed by atoms with Crippen LogP contribution < -0.4 is 11.5 Å². The molecule has 4 N–H and O–H groups in total.